The Morgan fingerprint density at radius 2 is 1.33 bits per heavy atom. The fourth-order valence-corrected chi connectivity index (χ4v) is 1.76. The number of benzene rings is 2. The SMILES string of the molecule is Cc1ccc(-c2ccc(C(=O)OOC(C)(C)C)cc2)cc1. The van der Waals surface area contributed by atoms with Crippen molar-refractivity contribution in [3.8, 4) is 11.1 Å². The molecule has 0 unspecified atom stereocenters. The highest BCUT2D eigenvalue weighted by molar-refractivity contribution is 5.89. The maximum atomic E-state index is 11.8. The normalized spacial score (nSPS) is 11.2. The highest BCUT2D eigenvalue weighted by Crippen LogP contribution is 2.20. The van der Waals surface area contributed by atoms with Crippen LogP contribution in [-0.2, 0) is 9.78 Å². The molecule has 0 aliphatic heterocycles. The molecule has 0 bridgehead atoms. The first kappa shape index (κ1) is 15.3. The second-order valence-electron chi connectivity index (χ2n) is 6.01. The molecule has 0 aliphatic rings. The lowest BCUT2D eigenvalue weighted by atomic mass is 10.0. The van der Waals surface area contributed by atoms with Crippen LogP contribution in [0.1, 0.15) is 36.7 Å². The van der Waals surface area contributed by atoms with E-state index in [9.17, 15) is 4.79 Å². The largest absolute Gasteiger partial charge is 0.373 e. The van der Waals surface area contributed by atoms with Gasteiger partial charge in [0.2, 0.25) is 0 Å². The predicted molar refractivity (Wildman–Crippen MR) is 82.9 cm³/mol. The number of aryl methyl sites for hydroxylation is 1. The highest BCUT2D eigenvalue weighted by Gasteiger charge is 2.16. The molecular weight excluding hydrogens is 264 g/mol. The van der Waals surface area contributed by atoms with Gasteiger partial charge < -0.3 is 0 Å². The Hall–Kier alpha value is -2.13. The van der Waals surface area contributed by atoms with Crippen LogP contribution in [0, 0.1) is 6.92 Å². The van der Waals surface area contributed by atoms with Gasteiger partial charge in [0.15, 0.2) is 0 Å². The molecule has 0 aromatic heterocycles. The van der Waals surface area contributed by atoms with E-state index in [0.29, 0.717) is 5.56 Å². The van der Waals surface area contributed by atoms with E-state index >= 15 is 0 Å². The number of hydrogen-bond acceptors (Lipinski definition) is 3. The van der Waals surface area contributed by atoms with Crippen molar-refractivity contribution in [2.75, 3.05) is 0 Å². The second kappa shape index (κ2) is 6.10. The zero-order chi connectivity index (χ0) is 15.5. The van der Waals surface area contributed by atoms with Gasteiger partial charge in [0, 0.05) is 0 Å². The summed E-state index contributed by atoms with van der Waals surface area (Å²) in [6, 6.07) is 15.5. The summed E-state index contributed by atoms with van der Waals surface area (Å²) in [6.07, 6.45) is 0. The molecule has 0 saturated heterocycles. The first-order valence-corrected chi connectivity index (χ1v) is 6.92. The summed E-state index contributed by atoms with van der Waals surface area (Å²) in [5.41, 5.74) is 3.35. The lowest BCUT2D eigenvalue weighted by Gasteiger charge is -2.16. The van der Waals surface area contributed by atoms with Gasteiger partial charge in [-0.3, -0.25) is 4.89 Å². The number of hydrogen-bond donors (Lipinski definition) is 0. The van der Waals surface area contributed by atoms with Crippen molar-refractivity contribution in [3.63, 3.8) is 0 Å². The molecule has 3 nitrogen and oxygen atoms in total. The first-order chi connectivity index (χ1) is 9.85. The zero-order valence-electron chi connectivity index (χ0n) is 12.8. The lowest BCUT2D eigenvalue weighted by molar-refractivity contribution is -0.301. The van der Waals surface area contributed by atoms with Crippen LogP contribution in [0.3, 0.4) is 0 Å². The monoisotopic (exact) mass is 284 g/mol. The third-order valence-corrected chi connectivity index (χ3v) is 2.87. The Kier molecular flexibility index (Phi) is 4.43. The van der Waals surface area contributed by atoms with E-state index in [1.165, 1.54) is 5.56 Å². The Balaban J connectivity index is 2.08. The van der Waals surface area contributed by atoms with Gasteiger partial charge in [-0.1, -0.05) is 42.0 Å². The molecule has 0 heterocycles. The quantitative estimate of drug-likeness (QED) is 0.612. The first-order valence-electron chi connectivity index (χ1n) is 6.92. The maximum Gasteiger partial charge on any atom is 0.373 e. The highest BCUT2D eigenvalue weighted by atomic mass is 17.2. The molecule has 110 valence electrons. The third kappa shape index (κ3) is 4.43. The lowest BCUT2D eigenvalue weighted by Crippen LogP contribution is -2.21. The summed E-state index contributed by atoms with van der Waals surface area (Å²) < 4.78 is 0. The molecule has 2 aromatic carbocycles. The van der Waals surface area contributed by atoms with Crippen LogP contribution in [0.2, 0.25) is 0 Å². The van der Waals surface area contributed by atoms with Gasteiger partial charge in [-0.15, -0.1) is 0 Å². The molecule has 0 saturated carbocycles. The molecule has 3 heteroatoms. The van der Waals surface area contributed by atoms with Gasteiger partial charge in [0.05, 0.1) is 5.56 Å². The van der Waals surface area contributed by atoms with Crippen molar-refractivity contribution >= 4 is 5.97 Å². The van der Waals surface area contributed by atoms with E-state index in [-0.39, 0.29) is 0 Å². The van der Waals surface area contributed by atoms with Gasteiger partial charge in [-0.2, -0.15) is 4.89 Å². The van der Waals surface area contributed by atoms with E-state index in [2.05, 4.69) is 31.2 Å². The van der Waals surface area contributed by atoms with Crippen molar-refractivity contribution < 1.29 is 14.6 Å². The topological polar surface area (TPSA) is 35.5 Å². The minimum absolute atomic E-state index is 0.468. The van der Waals surface area contributed by atoms with Gasteiger partial charge in [0.1, 0.15) is 5.60 Å². The third-order valence-electron chi connectivity index (χ3n) is 2.87. The Bertz CT molecular complexity index is 604. The van der Waals surface area contributed by atoms with E-state index in [1.54, 1.807) is 12.1 Å². The van der Waals surface area contributed by atoms with E-state index in [1.807, 2.05) is 32.9 Å². The molecule has 21 heavy (non-hydrogen) atoms. The van der Waals surface area contributed by atoms with Crippen molar-refractivity contribution in [2.45, 2.75) is 33.3 Å². The van der Waals surface area contributed by atoms with Gasteiger partial charge >= 0.3 is 5.97 Å². The summed E-state index contributed by atoms with van der Waals surface area (Å²) in [7, 11) is 0. The average Bonchev–Trinajstić information content (AvgIpc) is 2.45. The summed E-state index contributed by atoms with van der Waals surface area (Å²) in [5, 5.41) is 0. The van der Waals surface area contributed by atoms with Gasteiger partial charge in [-0.05, 0) is 51.0 Å². The van der Waals surface area contributed by atoms with Crippen LogP contribution in [0.4, 0.5) is 0 Å². The van der Waals surface area contributed by atoms with Crippen molar-refractivity contribution in [1.82, 2.24) is 0 Å². The smallest absolute Gasteiger partial charge is 0.292 e. The molecule has 0 radical (unpaired) electrons. The molecule has 0 fully saturated rings. The Morgan fingerprint density at radius 1 is 0.857 bits per heavy atom. The van der Waals surface area contributed by atoms with Crippen molar-refractivity contribution in [1.29, 1.82) is 0 Å². The molecule has 0 aliphatic carbocycles. The summed E-state index contributed by atoms with van der Waals surface area (Å²) in [5.74, 6) is -0.486. The minimum atomic E-state index is -0.516. The summed E-state index contributed by atoms with van der Waals surface area (Å²) in [4.78, 5) is 21.7. The van der Waals surface area contributed by atoms with Crippen LogP contribution < -0.4 is 0 Å². The van der Waals surface area contributed by atoms with Gasteiger partial charge in [-0.25, -0.2) is 4.79 Å². The van der Waals surface area contributed by atoms with E-state index in [4.69, 9.17) is 9.78 Å². The average molecular weight is 284 g/mol. The fraction of sp³-hybridized carbons (Fsp3) is 0.278. The summed E-state index contributed by atoms with van der Waals surface area (Å²) >= 11 is 0. The van der Waals surface area contributed by atoms with Crippen LogP contribution in [0.25, 0.3) is 11.1 Å². The molecule has 0 N–H and O–H groups in total. The standard InChI is InChI=1S/C18H20O3/c1-13-5-7-14(8-6-13)15-9-11-16(12-10-15)17(19)20-21-18(2,3)4/h5-12H,1-4H3. The maximum absolute atomic E-state index is 11.8. The van der Waals surface area contributed by atoms with Gasteiger partial charge in [0.25, 0.3) is 0 Å². The van der Waals surface area contributed by atoms with Crippen LogP contribution in [0.15, 0.2) is 48.5 Å². The number of rotatable bonds is 3. The van der Waals surface area contributed by atoms with Crippen LogP contribution >= 0.6 is 0 Å². The Morgan fingerprint density at radius 3 is 1.81 bits per heavy atom. The van der Waals surface area contributed by atoms with Crippen molar-refractivity contribution in [2.24, 2.45) is 0 Å². The molecule has 2 rings (SSSR count). The fourth-order valence-electron chi connectivity index (χ4n) is 1.76. The van der Waals surface area contributed by atoms with Crippen LogP contribution in [0.5, 0.6) is 0 Å². The van der Waals surface area contributed by atoms with E-state index < -0.39 is 11.6 Å². The Labute approximate surface area is 125 Å². The molecular formula is C18H20O3. The molecule has 2 aromatic rings. The zero-order valence-corrected chi connectivity index (χ0v) is 12.8. The molecule has 0 amide bonds. The number of carbonyl (C=O) groups is 1. The second-order valence-corrected chi connectivity index (χ2v) is 6.01. The molecule has 0 spiro atoms. The minimum Gasteiger partial charge on any atom is -0.292 e. The van der Waals surface area contributed by atoms with Crippen molar-refractivity contribution in [3.05, 3.63) is 59.7 Å². The number of carbonyl (C=O) groups excluding carboxylic acids is 1. The predicted octanol–water partition coefficient (Wildman–Crippen LogP) is 4.55. The summed E-state index contributed by atoms with van der Waals surface area (Å²) in [6.45, 7) is 7.51. The van der Waals surface area contributed by atoms with E-state index in [0.717, 1.165) is 11.1 Å². The molecule has 0 atom stereocenters. The van der Waals surface area contributed by atoms with Crippen LogP contribution in [-0.4, -0.2) is 11.6 Å².